The molecule has 5 heteroatoms. The molecule has 0 aliphatic carbocycles. The van der Waals surface area contributed by atoms with Crippen LogP contribution in [0, 0.1) is 0 Å². The van der Waals surface area contributed by atoms with E-state index in [2.05, 4.69) is 4.57 Å². The number of nitrogens with two attached hydrogens (primary N) is 1. The van der Waals surface area contributed by atoms with Crippen molar-refractivity contribution >= 4 is 22.5 Å². The van der Waals surface area contributed by atoms with Gasteiger partial charge in [0.05, 0.1) is 5.52 Å². The average Bonchev–Trinajstić information content (AvgIpc) is 2.97. The van der Waals surface area contributed by atoms with E-state index in [9.17, 15) is 0 Å². The molecule has 1 aromatic heterocycles. The highest BCUT2D eigenvalue weighted by Gasteiger charge is 2.14. The topological polar surface area (TPSA) is 56.2 Å². The third-order valence-electron chi connectivity index (χ3n) is 4.17. The summed E-state index contributed by atoms with van der Waals surface area (Å²) in [5, 5.41) is 1.84. The Morgan fingerprint density at radius 2 is 2.09 bits per heavy atom. The zero-order valence-corrected chi connectivity index (χ0v) is 13.6. The van der Waals surface area contributed by atoms with Gasteiger partial charge in [-0.25, -0.2) is 4.98 Å². The first-order chi connectivity index (χ1) is 10.8. The van der Waals surface area contributed by atoms with Gasteiger partial charge < -0.3 is 10.3 Å². The van der Waals surface area contributed by atoms with Crippen molar-refractivity contribution in [1.82, 2.24) is 9.55 Å². The van der Waals surface area contributed by atoms with Crippen molar-refractivity contribution in [2.24, 2.45) is 10.7 Å². The fraction of sp³-hybridized carbons (Fsp3) is 0.529. The van der Waals surface area contributed by atoms with Crippen LogP contribution in [-0.2, 0) is 13.0 Å². The molecule has 0 fully saturated rings. The molecule has 0 spiro atoms. The Balaban J connectivity index is 1.90. The predicted molar refractivity (Wildman–Crippen MR) is 91.0 cm³/mol. The van der Waals surface area contributed by atoms with Crippen LogP contribution >= 0.6 is 11.6 Å². The molecule has 22 heavy (non-hydrogen) atoms. The van der Waals surface area contributed by atoms with Gasteiger partial charge in [-0.1, -0.05) is 24.4 Å². The smallest absolute Gasteiger partial charge is 0.138 e. The second kappa shape index (κ2) is 7.25. The highest BCUT2D eigenvalue weighted by atomic mass is 35.5. The highest BCUT2D eigenvalue weighted by molar-refractivity contribution is 6.31. The number of aryl methyl sites for hydroxylation is 1. The van der Waals surface area contributed by atoms with Gasteiger partial charge in [0.15, 0.2) is 0 Å². The van der Waals surface area contributed by atoms with E-state index < -0.39 is 0 Å². The Labute approximate surface area is 136 Å². The molecule has 2 heterocycles. The molecule has 1 aliphatic rings. The monoisotopic (exact) mass is 318 g/mol. The highest BCUT2D eigenvalue weighted by Crippen LogP contribution is 2.18. The molecule has 1 aliphatic heterocycles. The maximum atomic E-state index is 6.11. The molecule has 4 nitrogen and oxygen atoms in total. The van der Waals surface area contributed by atoms with Gasteiger partial charge in [-0.2, -0.15) is 0 Å². The SMILES string of the molecule is NCCCCCCN=c1c2ccc(Cl)cc2nc2n1CCC2. The third kappa shape index (κ3) is 3.33. The van der Waals surface area contributed by atoms with Crippen LogP contribution in [0.4, 0.5) is 0 Å². The summed E-state index contributed by atoms with van der Waals surface area (Å²) >= 11 is 6.11. The number of fused-ring (bicyclic) bond motifs is 2. The summed E-state index contributed by atoms with van der Waals surface area (Å²) in [6.45, 7) is 2.68. The van der Waals surface area contributed by atoms with Crippen molar-refractivity contribution in [2.45, 2.75) is 45.1 Å². The number of benzene rings is 1. The van der Waals surface area contributed by atoms with Crippen LogP contribution in [0.15, 0.2) is 23.2 Å². The number of unbranched alkanes of at least 4 members (excludes halogenated alkanes) is 3. The van der Waals surface area contributed by atoms with E-state index in [0.717, 1.165) is 72.6 Å². The first kappa shape index (κ1) is 15.5. The molecule has 0 unspecified atom stereocenters. The Morgan fingerprint density at radius 1 is 1.23 bits per heavy atom. The summed E-state index contributed by atoms with van der Waals surface area (Å²) in [6, 6.07) is 5.91. The van der Waals surface area contributed by atoms with Crippen LogP contribution in [0.1, 0.15) is 37.9 Å². The van der Waals surface area contributed by atoms with Crippen molar-refractivity contribution in [3.8, 4) is 0 Å². The number of hydrogen-bond acceptors (Lipinski definition) is 3. The molecular formula is C17H23ClN4. The summed E-state index contributed by atoms with van der Waals surface area (Å²) in [5.41, 5.74) is 7.56. The molecule has 2 aromatic rings. The van der Waals surface area contributed by atoms with Gasteiger partial charge in [0.2, 0.25) is 0 Å². The van der Waals surface area contributed by atoms with E-state index in [4.69, 9.17) is 27.3 Å². The summed E-state index contributed by atoms with van der Waals surface area (Å²) in [5.74, 6) is 1.14. The van der Waals surface area contributed by atoms with Crippen molar-refractivity contribution in [2.75, 3.05) is 13.1 Å². The van der Waals surface area contributed by atoms with Crippen LogP contribution in [0.3, 0.4) is 0 Å². The molecule has 1 aromatic carbocycles. The van der Waals surface area contributed by atoms with Gasteiger partial charge >= 0.3 is 0 Å². The quantitative estimate of drug-likeness (QED) is 0.832. The van der Waals surface area contributed by atoms with Crippen molar-refractivity contribution in [3.05, 3.63) is 34.5 Å². The molecular weight excluding hydrogens is 296 g/mol. The fourth-order valence-corrected chi connectivity index (χ4v) is 3.21. The summed E-state index contributed by atoms with van der Waals surface area (Å²) in [6.07, 6.45) is 6.80. The van der Waals surface area contributed by atoms with Gasteiger partial charge in [-0.3, -0.25) is 4.99 Å². The summed E-state index contributed by atoms with van der Waals surface area (Å²) in [7, 11) is 0. The third-order valence-corrected chi connectivity index (χ3v) is 4.41. The molecule has 3 rings (SSSR count). The van der Waals surface area contributed by atoms with Gasteiger partial charge in [0, 0.05) is 29.9 Å². The van der Waals surface area contributed by atoms with Gasteiger partial charge in [-0.05, 0) is 44.0 Å². The number of hydrogen-bond donors (Lipinski definition) is 1. The standard InChI is InChI=1S/C17H23ClN4/c18-13-7-8-14-15(12-13)21-16-6-5-11-22(16)17(14)20-10-4-2-1-3-9-19/h7-8,12H,1-6,9-11,19H2. The van der Waals surface area contributed by atoms with Gasteiger partial charge in [-0.15, -0.1) is 0 Å². The van der Waals surface area contributed by atoms with Crippen LogP contribution in [-0.4, -0.2) is 22.6 Å². The van der Waals surface area contributed by atoms with E-state index in [1.807, 2.05) is 18.2 Å². The Kier molecular flexibility index (Phi) is 5.11. The van der Waals surface area contributed by atoms with Crippen molar-refractivity contribution in [3.63, 3.8) is 0 Å². The molecule has 0 amide bonds. The number of aromatic nitrogens is 2. The minimum absolute atomic E-state index is 0.732. The lowest BCUT2D eigenvalue weighted by Crippen LogP contribution is -2.23. The number of rotatable bonds is 6. The lowest BCUT2D eigenvalue weighted by atomic mass is 10.2. The van der Waals surface area contributed by atoms with Crippen molar-refractivity contribution in [1.29, 1.82) is 0 Å². The van der Waals surface area contributed by atoms with E-state index >= 15 is 0 Å². The van der Waals surface area contributed by atoms with E-state index in [1.165, 1.54) is 12.8 Å². The number of halogens is 1. The lowest BCUT2D eigenvalue weighted by Gasteiger charge is -2.08. The minimum Gasteiger partial charge on any atom is -0.330 e. The van der Waals surface area contributed by atoms with E-state index in [-0.39, 0.29) is 0 Å². The van der Waals surface area contributed by atoms with E-state index in [1.54, 1.807) is 0 Å². The second-order valence-electron chi connectivity index (χ2n) is 5.85. The molecule has 0 saturated heterocycles. The Hall–Kier alpha value is -1.39. The van der Waals surface area contributed by atoms with Crippen LogP contribution in [0.2, 0.25) is 5.02 Å². The van der Waals surface area contributed by atoms with Gasteiger partial charge in [0.25, 0.3) is 0 Å². The Bertz CT molecular complexity index is 720. The normalized spacial score (nSPS) is 14.7. The zero-order valence-electron chi connectivity index (χ0n) is 12.9. The van der Waals surface area contributed by atoms with Gasteiger partial charge in [0.1, 0.15) is 11.3 Å². The Morgan fingerprint density at radius 3 is 2.95 bits per heavy atom. The van der Waals surface area contributed by atoms with Crippen molar-refractivity contribution < 1.29 is 0 Å². The first-order valence-corrected chi connectivity index (χ1v) is 8.57. The van der Waals surface area contributed by atoms with Crippen LogP contribution in [0.25, 0.3) is 10.9 Å². The average molecular weight is 319 g/mol. The molecule has 0 radical (unpaired) electrons. The van der Waals surface area contributed by atoms with Crippen LogP contribution in [0.5, 0.6) is 0 Å². The largest absolute Gasteiger partial charge is 0.330 e. The predicted octanol–water partition coefficient (Wildman–Crippen LogP) is 3.06. The summed E-state index contributed by atoms with van der Waals surface area (Å²) in [4.78, 5) is 9.63. The minimum atomic E-state index is 0.732. The molecule has 2 N–H and O–H groups in total. The molecule has 0 atom stereocenters. The second-order valence-corrected chi connectivity index (χ2v) is 6.29. The molecule has 0 bridgehead atoms. The zero-order chi connectivity index (χ0) is 15.4. The van der Waals surface area contributed by atoms with E-state index in [0.29, 0.717) is 0 Å². The molecule has 118 valence electrons. The fourth-order valence-electron chi connectivity index (χ4n) is 3.04. The lowest BCUT2D eigenvalue weighted by molar-refractivity contribution is 0.638. The maximum Gasteiger partial charge on any atom is 0.138 e. The first-order valence-electron chi connectivity index (χ1n) is 8.19. The molecule has 0 saturated carbocycles. The van der Waals surface area contributed by atoms with Crippen LogP contribution < -0.4 is 11.2 Å². The maximum absolute atomic E-state index is 6.11. The summed E-state index contributed by atoms with van der Waals surface area (Å²) < 4.78 is 2.27. The number of nitrogens with zero attached hydrogens (tertiary/aromatic N) is 3.